The van der Waals surface area contributed by atoms with E-state index in [-0.39, 0.29) is 0 Å². The third-order valence-electron chi connectivity index (χ3n) is 1.55. The molecule has 0 saturated heterocycles. The number of hydrogen-bond acceptors (Lipinski definition) is 1. The van der Waals surface area contributed by atoms with Gasteiger partial charge < -0.3 is 4.74 Å². The van der Waals surface area contributed by atoms with E-state index in [1.165, 1.54) is 11.1 Å². The molecular weight excluding hydrogens is 124 g/mol. The number of hydrogen-bond donors (Lipinski definition) is 0. The molecule has 0 spiro atoms. The molecular formula is C9H12O. The molecule has 0 aliphatic carbocycles. The highest BCUT2D eigenvalue weighted by molar-refractivity contribution is 5.35. The fraction of sp³-hybridized carbons (Fsp3) is 0.333. The van der Waals surface area contributed by atoms with E-state index in [0.717, 1.165) is 5.75 Å². The molecule has 1 aromatic rings. The number of methoxy groups -OCH3 is 1. The quantitative estimate of drug-likeness (QED) is 0.575. The van der Waals surface area contributed by atoms with Crippen LogP contribution in [0.5, 0.6) is 5.75 Å². The van der Waals surface area contributed by atoms with Crippen molar-refractivity contribution in [3.8, 4) is 5.75 Å². The van der Waals surface area contributed by atoms with E-state index >= 15 is 0 Å². The Morgan fingerprint density at radius 3 is 2.40 bits per heavy atom. The highest BCUT2D eigenvalue weighted by Gasteiger charge is 1.94. The van der Waals surface area contributed by atoms with E-state index in [0.29, 0.717) is 0 Å². The molecule has 0 radical (unpaired) electrons. The van der Waals surface area contributed by atoms with Crippen LogP contribution < -0.4 is 4.74 Å². The lowest BCUT2D eigenvalue weighted by Crippen LogP contribution is -1.86. The fourth-order valence-electron chi connectivity index (χ4n) is 1.03. The van der Waals surface area contributed by atoms with Crippen molar-refractivity contribution in [3.63, 3.8) is 0 Å². The minimum atomic E-state index is 0.964. The predicted octanol–water partition coefficient (Wildman–Crippen LogP) is 2.31. The summed E-state index contributed by atoms with van der Waals surface area (Å²) in [5, 5.41) is 0. The molecule has 10 heavy (non-hydrogen) atoms. The lowest BCUT2D eigenvalue weighted by atomic mass is 10.1. The lowest BCUT2D eigenvalue weighted by Gasteiger charge is -2.03. The summed E-state index contributed by atoms with van der Waals surface area (Å²) in [6.07, 6.45) is 0. The molecule has 1 nitrogen and oxygen atoms in total. The summed E-state index contributed by atoms with van der Waals surface area (Å²) in [5.74, 6) is 0.964. The van der Waals surface area contributed by atoms with Crippen molar-refractivity contribution in [1.29, 1.82) is 0 Å². The Kier molecular flexibility index (Phi) is 1.95. The topological polar surface area (TPSA) is 9.23 Å². The van der Waals surface area contributed by atoms with Gasteiger partial charge in [-0.2, -0.15) is 0 Å². The molecule has 0 unspecified atom stereocenters. The SMILES string of the molecule is COc1ccc(C)cc1C. The zero-order valence-electron chi connectivity index (χ0n) is 6.64. The van der Waals surface area contributed by atoms with Crippen LogP contribution >= 0.6 is 0 Å². The summed E-state index contributed by atoms with van der Waals surface area (Å²) >= 11 is 0. The second-order valence-electron chi connectivity index (χ2n) is 2.47. The molecule has 0 fully saturated rings. The summed E-state index contributed by atoms with van der Waals surface area (Å²) < 4.78 is 5.10. The smallest absolute Gasteiger partial charge is 0.121 e. The van der Waals surface area contributed by atoms with Crippen LogP contribution in [-0.2, 0) is 0 Å². The van der Waals surface area contributed by atoms with Gasteiger partial charge in [0.2, 0.25) is 0 Å². The van der Waals surface area contributed by atoms with Crippen LogP contribution in [0, 0.1) is 13.8 Å². The van der Waals surface area contributed by atoms with Crippen LogP contribution in [-0.4, -0.2) is 7.11 Å². The zero-order valence-corrected chi connectivity index (χ0v) is 6.64. The first kappa shape index (κ1) is 7.13. The van der Waals surface area contributed by atoms with Crippen molar-refractivity contribution in [2.45, 2.75) is 13.8 Å². The molecule has 0 aliphatic heterocycles. The van der Waals surface area contributed by atoms with Gasteiger partial charge in [-0.25, -0.2) is 0 Å². The van der Waals surface area contributed by atoms with Gasteiger partial charge in [0.1, 0.15) is 5.75 Å². The fourth-order valence-corrected chi connectivity index (χ4v) is 1.03. The highest BCUT2D eigenvalue weighted by atomic mass is 16.5. The number of benzene rings is 1. The van der Waals surface area contributed by atoms with Gasteiger partial charge in [-0.05, 0) is 25.5 Å². The van der Waals surface area contributed by atoms with Crippen LogP contribution in [0.1, 0.15) is 11.1 Å². The van der Waals surface area contributed by atoms with Gasteiger partial charge in [-0.1, -0.05) is 17.7 Å². The van der Waals surface area contributed by atoms with Gasteiger partial charge in [0.05, 0.1) is 7.11 Å². The Bertz CT molecular complexity index is 228. The third kappa shape index (κ3) is 1.29. The molecule has 1 aromatic carbocycles. The molecule has 0 amide bonds. The molecule has 0 bridgehead atoms. The summed E-state index contributed by atoms with van der Waals surface area (Å²) in [4.78, 5) is 0. The maximum Gasteiger partial charge on any atom is 0.121 e. The molecule has 0 heterocycles. The minimum absolute atomic E-state index is 0.964. The van der Waals surface area contributed by atoms with Crippen LogP contribution in [0.15, 0.2) is 18.2 Å². The van der Waals surface area contributed by atoms with Crippen molar-refractivity contribution in [1.82, 2.24) is 0 Å². The Morgan fingerprint density at radius 2 is 1.90 bits per heavy atom. The van der Waals surface area contributed by atoms with Gasteiger partial charge >= 0.3 is 0 Å². The van der Waals surface area contributed by atoms with Crippen LogP contribution in [0.2, 0.25) is 0 Å². The average Bonchev–Trinajstić information content (AvgIpc) is 1.88. The van der Waals surface area contributed by atoms with E-state index in [2.05, 4.69) is 13.0 Å². The van der Waals surface area contributed by atoms with Crippen molar-refractivity contribution in [2.24, 2.45) is 0 Å². The molecule has 0 aliphatic rings. The minimum Gasteiger partial charge on any atom is -0.496 e. The number of rotatable bonds is 1. The molecule has 1 heteroatoms. The van der Waals surface area contributed by atoms with Gasteiger partial charge in [-0.3, -0.25) is 0 Å². The van der Waals surface area contributed by atoms with Gasteiger partial charge in [0, 0.05) is 0 Å². The van der Waals surface area contributed by atoms with Crippen molar-refractivity contribution >= 4 is 0 Å². The molecule has 0 saturated carbocycles. The van der Waals surface area contributed by atoms with E-state index in [1.807, 2.05) is 19.1 Å². The zero-order chi connectivity index (χ0) is 7.56. The maximum absolute atomic E-state index is 5.10. The van der Waals surface area contributed by atoms with Crippen LogP contribution in [0.4, 0.5) is 0 Å². The van der Waals surface area contributed by atoms with Crippen LogP contribution in [0.25, 0.3) is 0 Å². The first-order chi connectivity index (χ1) is 4.74. The highest BCUT2D eigenvalue weighted by Crippen LogP contribution is 2.17. The van der Waals surface area contributed by atoms with E-state index in [9.17, 15) is 0 Å². The third-order valence-corrected chi connectivity index (χ3v) is 1.55. The molecule has 0 N–H and O–H groups in total. The van der Waals surface area contributed by atoms with Crippen molar-refractivity contribution in [2.75, 3.05) is 7.11 Å². The first-order valence-corrected chi connectivity index (χ1v) is 3.35. The van der Waals surface area contributed by atoms with E-state index < -0.39 is 0 Å². The molecule has 0 atom stereocenters. The van der Waals surface area contributed by atoms with Gasteiger partial charge in [0.15, 0.2) is 0 Å². The maximum atomic E-state index is 5.10. The molecule has 0 aromatic heterocycles. The van der Waals surface area contributed by atoms with Crippen molar-refractivity contribution < 1.29 is 4.74 Å². The second kappa shape index (κ2) is 2.74. The molecule has 54 valence electrons. The van der Waals surface area contributed by atoms with Crippen LogP contribution in [0.3, 0.4) is 0 Å². The number of aryl methyl sites for hydroxylation is 2. The summed E-state index contributed by atoms with van der Waals surface area (Å²) in [6.45, 7) is 4.12. The van der Waals surface area contributed by atoms with Gasteiger partial charge in [0.25, 0.3) is 0 Å². The largest absolute Gasteiger partial charge is 0.496 e. The standard InChI is InChI=1S/C9H12O/c1-7-4-5-9(10-3)8(2)6-7/h4-6H,1-3H3. The Hall–Kier alpha value is -0.980. The Labute approximate surface area is 61.6 Å². The monoisotopic (exact) mass is 136 g/mol. The predicted molar refractivity (Wildman–Crippen MR) is 42.5 cm³/mol. The Balaban J connectivity index is 3.07. The summed E-state index contributed by atoms with van der Waals surface area (Å²) in [5.41, 5.74) is 2.47. The normalized spacial score (nSPS) is 9.50. The van der Waals surface area contributed by atoms with Gasteiger partial charge in [-0.15, -0.1) is 0 Å². The Morgan fingerprint density at radius 1 is 1.20 bits per heavy atom. The lowest BCUT2D eigenvalue weighted by molar-refractivity contribution is 0.411. The van der Waals surface area contributed by atoms with Crippen molar-refractivity contribution in [3.05, 3.63) is 29.3 Å². The average molecular weight is 136 g/mol. The summed E-state index contributed by atoms with van der Waals surface area (Å²) in [7, 11) is 1.69. The second-order valence-corrected chi connectivity index (χ2v) is 2.47. The first-order valence-electron chi connectivity index (χ1n) is 3.35. The summed E-state index contributed by atoms with van der Waals surface area (Å²) in [6, 6.07) is 6.15. The van der Waals surface area contributed by atoms with E-state index in [4.69, 9.17) is 4.74 Å². The van der Waals surface area contributed by atoms with E-state index in [1.54, 1.807) is 7.11 Å². The molecule has 1 rings (SSSR count). The number of ether oxygens (including phenoxy) is 1.